The maximum absolute atomic E-state index is 2.47. The number of benzene rings is 10. The van der Waals surface area contributed by atoms with Crippen LogP contribution in [-0.2, 0) is 5.41 Å². The SMILES string of the molecule is C(=Cc1ccc(-c2ccc3c(c2)c2ccccc2n3-c2ccccc2)s1)c1ccc2c(c1)C1(c3ccccc3-c3ccccc31)c1cc(C=Cc3ccc(-c4ccc5c(c4)c4ccccc4n5-c4ccccc4)s3)ccc1-2. The number of hydrogen-bond acceptors (Lipinski definition) is 2. The Kier molecular flexibility index (Phi) is 9.93. The van der Waals surface area contributed by atoms with Gasteiger partial charge in [-0.3, -0.25) is 0 Å². The van der Waals surface area contributed by atoms with Crippen molar-refractivity contribution in [1.82, 2.24) is 9.13 Å². The monoisotopic (exact) mass is 1010 g/mol. The molecule has 0 saturated carbocycles. The predicted octanol–water partition coefficient (Wildman–Crippen LogP) is 20.0. The molecular formula is C73H46N2S2. The molecule has 4 aromatic heterocycles. The summed E-state index contributed by atoms with van der Waals surface area (Å²) in [5.41, 5.74) is 22.2. The summed E-state index contributed by atoms with van der Waals surface area (Å²) in [5.74, 6) is 0. The highest BCUT2D eigenvalue weighted by Crippen LogP contribution is 2.63. The Hall–Kier alpha value is -9.32. The van der Waals surface area contributed by atoms with E-state index in [2.05, 4.69) is 288 Å². The molecule has 2 aliphatic rings. The van der Waals surface area contributed by atoms with E-state index in [1.807, 2.05) is 22.7 Å². The third-order valence-corrected chi connectivity index (χ3v) is 18.4. The molecule has 0 unspecified atom stereocenters. The van der Waals surface area contributed by atoms with Crippen LogP contribution < -0.4 is 0 Å². The third kappa shape index (κ3) is 6.79. The summed E-state index contributed by atoms with van der Waals surface area (Å²) in [6.07, 6.45) is 9.20. The second kappa shape index (κ2) is 17.4. The second-order valence-corrected chi connectivity index (χ2v) is 22.6. The van der Waals surface area contributed by atoms with E-state index < -0.39 is 5.41 Å². The molecule has 0 aliphatic heterocycles. The van der Waals surface area contributed by atoms with Crippen molar-refractivity contribution in [2.45, 2.75) is 5.41 Å². The first-order chi connectivity index (χ1) is 38.2. The molecule has 16 rings (SSSR count). The fourth-order valence-electron chi connectivity index (χ4n) is 12.9. The molecule has 0 radical (unpaired) electrons. The lowest BCUT2D eigenvalue weighted by atomic mass is 9.70. The molecule has 4 heteroatoms. The molecule has 2 aliphatic carbocycles. The van der Waals surface area contributed by atoms with Crippen molar-refractivity contribution in [2.24, 2.45) is 0 Å². The minimum Gasteiger partial charge on any atom is -0.309 e. The topological polar surface area (TPSA) is 9.86 Å². The lowest BCUT2D eigenvalue weighted by molar-refractivity contribution is 0.793. The van der Waals surface area contributed by atoms with Gasteiger partial charge in [-0.25, -0.2) is 0 Å². The molecule has 1 spiro atoms. The summed E-state index contributed by atoms with van der Waals surface area (Å²) >= 11 is 3.69. The first-order valence-electron chi connectivity index (χ1n) is 26.4. The molecule has 4 heterocycles. The van der Waals surface area contributed by atoms with Crippen molar-refractivity contribution < 1.29 is 0 Å². The Bertz CT molecular complexity index is 4440. The Morgan fingerprint density at radius 3 is 1.17 bits per heavy atom. The van der Waals surface area contributed by atoms with Crippen LogP contribution in [0.5, 0.6) is 0 Å². The number of para-hydroxylation sites is 4. The quantitative estimate of drug-likeness (QED) is 0.144. The normalized spacial score (nSPS) is 13.2. The zero-order chi connectivity index (χ0) is 50.6. The van der Waals surface area contributed by atoms with E-state index in [-0.39, 0.29) is 0 Å². The van der Waals surface area contributed by atoms with Gasteiger partial charge < -0.3 is 9.13 Å². The van der Waals surface area contributed by atoms with Gasteiger partial charge in [-0.1, -0.05) is 170 Å². The molecule has 2 nitrogen and oxygen atoms in total. The zero-order valence-electron chi connectivity index (χ0n) is 41.8. The molecular weight excluding hydrogens is 969 g/mol. The highest BCUT2D eigenvalue weighted by atomic mass is 32.1. The molecule has 0 atom stereocenters. The van der Waals surface area contributed by atoms with Crippen LogP contribution in [-0.4, -0.2) is 9.13 Å². The second-order valence-electron chi connectivity index (χ2n) is 20.4. The van der Waals surface area contributed by atoms with Crippen LogP contribution in [0.4, 0.5) is 0 Å². The number of hydrogen-bond donors (Lipinski definition) is 0. The highest BCUT2D eigenvalue weighted by molar-refractivity contribution is 7.16. The minimum absolute atomic E-state index is 0.456. The number of nitrogens with zero attached hydrogens (tertiary/aromatic N) is 2. The molecule has 0 saturated heterocycles. The zero-order valence-corrected chi connectivity index (χ0v) is 43.4. The largest absolute Gasteiger partial charge is 0.309 e. The van der Waals surface area contributed by atoms with Gasteiger partial charge >= 0.3 is 0 Å². The van der Waals surface area contributed by atoms with Gasteiger partial charge in [0.1, 0.15) is 0 Å². The van der Waals surface area contributed by atoms with Crippen LogP contribution in [0.1, 0.15) is 43.1 Å². The van der Waals surface area contributed by atoms with Gasteiger partial charge in [-0.05, 0) is 176 Å². The fourth-order valence-corrected chi connectivity index (χ4v) is 14.7. The van der Waals surface area contributed by atoms with Crippen LogP contribution >= 0.6 is 22.7 Å². The maximum Gasteiger partial charge on any atom is 0.0725 e. The lowest BCUT2D eigenvalue weighted by Gasteiger charge is -2.30. The number of fused-ring (bicyclic) bond motifs is 16. The smallest absolute Gasteiger partial charge is 0.0725 e. The molecule has 0 fully saturated rings. The summed E-state index contributed by atoms with van der Waals surface area (Å²) in [5, 5.41) is 5.07. The fraction of sp³-hybridized carbons (Fsp3) is 0.0137. The number of aromatic nitrogens is 2. The summed E-state index contributed by atoms with van der Waals surface area (Å²) in [6, 6.07) is 94.3. The van der Waals surface area contributed by atoms with Crippen LogP contribution in [0.2, 0.25) is 0 Å². The third-order valence-electron chi connectivity index (χ3n) is 16.2. The first-order valence-corrected chi connectivity index (χ1v) is 28.0. The average molecular weight is 1020 g/mol. The molecule has 0 amide bonds. The van der Waals surface area contributed by atoms with Crippen molar-refractivity contribution in [1.29, 1.82) is 0 Å². The molecule has 77 heavy (non-hydrogen) atoms. The number of thiophene rings is 2. The van der Waals surface area contributed by atoms with Crippen LogP contribution in [0.15, 0.2) is 255 Å². The van der Waals surface area contributed by atoms with E-state index >= 15 is 0 Å². The van der Waals surface area contributed by atoms with Crippen molar-refractivity contribution >= 4 is 90.6 Å². The van der Waals surface area contributed by atoms with Crippen LogP contribution in [0.25, 0.3) is 122 Å². The summed E-state index contributed by atoms with van der Waals surface area (Å²) in [4.78, 5) is 4.97. The summed E-state index contributed by atoms with van der Waals surface area (Å²) in [7, 11) is 0. The van der Waals surface area contributed by atoms with Crippen LogP contribution in [0.3, 0.4) is 0 Å². The lowest BCUT2D eigenvalue weighted by Crippen LogP contribution is -2.26. The van der Waals surface area contributed by atoms with Gasteiger partial charge in [0.2, 0.25) is 0 Å². The summed E-state index contributed by atoms with van der Waals surface area (Å²) < 4.78 is 4.76. The van der Waals surface area contributed by atoms with E-state index in [0.717, 1.165) is 0 Å². The molecule has 0 bridgehead atoms. The van der Waals surface area contributed by atoms with Gasteiger partial charge in [0.25, 0.3) is 0 Å². The van der Waals surface area contributed by atoms with Gasteiger partial charge in [-0.15, -0.1) is 22.7 Å². The maximum atomic E-state index is 2.47. The standard InChI is InChI=1S/C73H46N2S2/c1-3-15-51(16-4-1)74-67-25-13-9-21-59(67)61-45-49(31-39-69(61)74)71-41-35-53(76-71)33-27-47-29-37-57-58-38-30-48(44-66(58)73(65(57)43-47)63-23-11-7-19-55(63)56-20-8-12-24-64(56)73)28-34-54-36-42-72(77-54)50-32-40-70-62(46-50)60-22-10-14-26-68(60)75(70)52-17-5-2-6-18-52/h1-46H. The highest BCUT2D eigenvalue weighted by Gasteiger charge is 2.51. The van der Waals surface area contributed by atoms with Gasteiger partial charge in [0.15, 0.2) is 0 Å². The molecule has 0 N–H and O–H groups in total. The van der Waals surface area contributed by atoms with Gasteiger partial charge in [-0.2, -0.15) is 0 Å². The molecule has 10 aromatic carbocycles. The van der Waals surface area contributed by atoms with Crippen molar-refractivity contribution in [3.63, 3.8) is 0 Å². The van der Waals surface area contributed by atoms with E-state index in [0.29, 0.717) is 0 Å². The van der Waals surface area contributed by atoms with Crippen molar-refractivity contribution in [3.8, 4) is 54.5 Å². The van der Waals surface area contributed by atoms with Gasteiger partial charge in [0.05, 0.1) is 27.5 Å². The summed E-state index contributed by atoms with van der Waals surface area (Å²) in [6.45, 7) is 0. The Morgan fingerprint density at radius 2 is 0.688 bits per heavy atom. The van der Waals surface area contributed by atoms with Gasteiger partial charge in [0, 0.05) is 52.4 Å². The molecule has 360 valence electrons. The molecule has 14 aromatic rings. The Labute approximate surface area is 454 Å². The Balaban J connectivity index is 0.732. The van der Waals surface area contributed by atoms with Crippen molar-refractivity contribution in [3.05, 3.63) is 298 Å². The van der Waals surface area contributed by atoms with E-state index in [1.165, 1.54) is 141 Å². The minimum atomic E-state index is -0.456. The number of rotatable bonds is 8. The average Bonchev–Trinajstić information content (AvgIpc) is 4.50. The first kappa shape index (κ1) is 44.0. The Morgan fingerprint density at radius 1 is 0.286 bits per heavy atom. The van der Waals surface area contributed by atoms with E-state index in [1.54, 1.807) is 0 Å². The predicted molar refractivity (Wildman–Crippen MR) is 329 cm³/mol. The van der Waals surface area contributed by atoms with E-state index in [4.69, 9.17) is 0 Å². The van der Waals surface area contributed by atoms with Crippen molar-refractivity contribution in [2.75, 3.05) is 0 Å². The van der Waals surface area contributed by atoms with Crippen LogP contribution in [0, 0.1) is 0 Å². The van der Waals surface area contributed by atoms with E-state index in [9.17, 15) is 0 Å².